The second-order valence-electron chi connectivity index (χ2n) is 1.72. The molecule has 2 atom stereocenters. The van der Waals surface area contributed by atoms with Crippen LogP contribution in [-0.2, 0) is 10.1 Å². The summed E-state index contributed by atoms with van der Waals surface area (Å²) in [5, 5.41) is 6.89. The fourth-order valence-corrected chi connectivity index (χ4v) is 0.747. The van der Waals surface area contributed by atoms with Crippen molar-refractivity contribution in [3.05, 3.63) is 0 Å². The molecule has 0 rings (SSSR count). The Balaban J connectivity index is 4.24. The summed E-state index contributed by atoms with van der Waals surface area (Å²) in [6, 6.07) is 0. The molecule has 0 fully saturated rings. The van der Waals surface area contributed by atoms with Gasteiger partial charge in [0.05, 0.1) is 6.10 Å². The summed E-state index contributed by atoms with van der Waals surface area (Å²) >= 11 is 0. The monoisotopic (exact) mass is 155 g/mol. The summed E-state index contributed by atoms with van der Waals surface area (Å²) in [6.07, 6.45) is -1.25. The fraction of sp³-hybridized carbons (Fsp3) is 1.00. The molecular formula is C3H9NO4S. The lowest BCUT2D eigenvalue weighted by Crippen LogP contribution is -2.39. The van der Waals surface area contributed by atoms with Gasteiger partial charge in [-0.3, -0.25) is 4.55 Å². The Bertz CT molecular complexity index is 172. The number of rotatable bonds is 2. The van der Waals surface area contributed by atoms with Gasteiger partial charge in [0.15, 0.2) is 5.37 Å². The zero-order valence-electron chi connectivity index (χ0n) is 4.85. The van der Waals surface area contributed by atoms with Crippen LogP contribution in [0.4, 0.5) is 0 Å². The number of hydrogen-bond donors (Lipinski definition) is 3. The molecule has 4 N–H and O–H groups in total. The Morgan fingerprint density at radius 3 is 1.89 bits per heavy atom. The Labute approximate surface area is 53.2 Å². The molecule has 2 unspecified atom stereocenters. The van der Waals surface area contributed by atoms with Crippen molar-refractivity contribution in [2.24, 2.45) is 5.73 Å². The molecule has 0 amide bonds. The highest BCUT2D eigenvalue weighted by molar-refractivity contribution is 7.86. The third-order valence-electron chi connectivity index (χ3n) is 0.819. The molecule has 0 heterocycles. The molecule has 6 heteroatoms. The van der Waals surface area contributed by atoms with Crippen LogP contribution in [0.5, 0.6) is 0 Å². The summed E-state index contributed by atoms with van der Waals surface area (Å²) in [5.74, 6) is 0. The quantitative estimate of drug-likeness (QED) is 0.423. The van der Waals surface area contributed by atoms with E-state index in [-0.39, 0.29) is 0 Å². The predicted octanol–water partition coefficient (Wildman–Crippen LogP) is -1.46. The minimum absolute atomic E-state index is 1.18. The molecule has 0 aliphatic heterocycles. The molecule has 0 saturated carbocycles. The number of nitrogens with two attached hydrogens (primary N) is 1. The van der Waals surface area contributed by atoms with Crippen molar-refractivity contribution in [3.63, 3.8) is 0 Å². The van der Waals surface area contributed by atoms with Crippen molar-refractivity contribution >= 4 is 10.1 Å². The van der Waals surface area contributed by atoms with E-state index in [9.17, 15) is 8.42 Å². The highest BCUT2D eigenvalue weighted by atomic mass is 32.2. The zero-order valence-corrected chi connectivity index (χ0v) is 5.67. The van der Waals surface area contributed by atoms with Gasteiger partial charge in [-0.1, -0.05) is 0 Å². The maximum Gasteiger partial charge on any atom is 0.283 e. The van der Waals surface area contributed by atoms with Gasteiger partial charge in [-0.2, -0.15) is 8.42 Å². The van der Waals surface area contributed by atoms with E-state index in [1.165, 1.54) is 6.92 Å². The molecule has 0 aromatic rings. The van der Waals surface area contributed by atoms with E-state index in [0.29, 0.717) is 0 Å². The Hall–Kier alpha value is -0.170. The molecule has 56 valence electrons. The summed E-state index contributed by atoms with van der Waals surface area (Å²) in [7, 11) is -4.27. The second kappa shape index (κ2) is 2.61. The lowest BCUT2D eigenvalue weighted by molar-refractivity contribution is 0.185. The van der Waals surface area contributed by atoms with Gasteiger partial charge in [0.25, 0.3) is 10.1 Å². The number of hydrogen-bond acceptors (Lipinski definition) is 4. The predicted molar refractivity (Wildman–Crippen MR) is 31.2 cm³/mol. The minimum Gasteiger partial charge on any atom is -0.391 e. The van der Waals surface area contributed by atoms with Gasteiger partial charge in [0, 0.05) is 0 Å². The molecule has 0 aromatic carbocycles. The first-order chi connectivity index (χ1) is 3.85. The average Bonchev–Trinajstić information content (AvgIpc) is 1.62. The molecule has 9 heavy (non-hydrogen) atoms. The lowest BCUT2D eigenvalue weighted by atomic mass is 10.4. The molecule has 0 bridgehead atoms. The average molecular weight is 155 g/mol. The van der Waals surface area contributed by atoms with Crippen LogP contribution in [0.25, 0.3) is 0 Å². The van der Waals surface area contributed by atoms with Gasteiger partial charge in [-0.15, -0.1) is 0 Å². The molecule has 0 spiro atoms. The first-order valence-corrected chi connectivity index (χ1v) is 3.76. The van der Waals surface area contributed by atoms with Crippen molar-refractivity contribution in [2.75, 3.05) is 0 Å². The van der Waals surface area contributed by atoms with E-state index in [0.717, 1.165) is 0 Å². The van der Waals surface area contributed by atoms with E-state index in [2.05, 4.69) is 0 Å². The molecule has 0 radical (unpaired) electrons. The molecular weight excluding hydrogens is 146 g/mol. The third kappa shape index (κ3) is 2.75. The zero-order chi connectivity index (χ0) is 7.65. The fourth-order valence-electron chi connectivity index (χ4n) is 0.249. The Morgan fingerprint density at radius 1 is 1.56 bits per heavy atom. The van der Waals surface area contributed by atoms with Gasteiger partial charge in [0.2, 0.25) is 0 Å². The van der Waals surface area contributed by atoms with Crippen molar-refractivity contribution in [1.82, 2.24) is 0 Å². The van der Waals surface area contributed by atoms with E-state index >= 15 is 0 Å². The van der Waals surface area contributed by atoms with E-state index in [1.807, 2.05) is 0 Å². The van der Waals surface area contributed by atoms with Crippen LogP contribution >= 0.6 is 0 Å². The molecule has 0 saturated heterocycles. The van der Waals surface area contributed by atoms with Crippen LogP contribution in [-0.4, -0.2) is 29.6 Å². The molecule has 0 aliphatic rings. The highest BCUT2D eigenvalue weighted by Crippen LogP contribution is 1.95. The normalized spacial score (nSPS) is 19.1. The van der Waals surface area contributed by atoms with Crippen LogP contribution in [0.3, 0.4) is 0 Å². The third-order valence-corrected chi connectivity index (χ3v) is 1.90. The molecule has 0 aliphatic carbocycles. The van der Waals surface area contributed by atoms with Gasteiger partial charge >= 0.3 is 0 Å². The molecule has 0 aromatic heterocycles. The van der Waals surface area contributed by atoms with Crippen LogP contribution < -0.4 is 5.73 Å². The van der Waals surface area contributed by atoms with Gasteiger partial charge in [0.1, 0.15) is 0 Å². The largest absolute Gasteiger partial charge is 0.391 e. The second-order valence-corrected chi connectivity index (χ2v) is 3.29. The lowest BCUT2D eigenvalue weighted by Gasteiger charge is -2.09. The SMILES string of the molecule is CC(O)C(N)S(=O)(=O)O. The standard InChI is InChI=1S/C3H9NO4S/c1-2(5)3(4)9(6,7)8/h2-3,5H,4H2,1H3,(H,6,7,8). The van der Waals surface area contributed by atoms with Crippen LogP contribution in [0, 0.1) is 0 Å². The summed E-state index contributed by atoms with van der Waals surface area (Å²) in [5.41, 5.74) is 4.81. The van der Waals surface area contributed by atoms with Gasteiger partial charge in [-0.25, -0.2) is 0 Å². The van der Waals surface area contributed by atoms with Gasteiger partial charge < -0.3 is 10.8 Å². The minimum atomic E-state index is -4.27. The summed E-state index contributed by atoms with van der Waals surface area (Å²) in [6.45, 7) is 1.18. The first-order valence-electron chi connectivity index (χ1n) is 2.25. The van der Waals surface area contributed by atoms with Gasteiger partial charge in [-0.05, 0) is 6.92 Å². The first kappa shape index (κ1) is 8.83. The maximum absolute atomic E-state index is 10.0. The summed E-state index contributed by atoms with van der Waals surface area (Å²) < 4.78 is 28.2. The molecule has 5 nitrogen and oxygen atoms in total. The number of aliphatic hydroxyl groups excluding tert-OH is 1. The summed E-state index contributed by atoms with van der Waals surface area (Å²) in [4.78, 5) is 0. The van der Waals surface area contributed by atoms with Crippen LogP contribution in [0.1, 0.15) is 6.92 Å². The van der Waals surface area contributed by atoms with Crippen molar-refractivity contribution in [2.45, 2.75) is 18.4 Å². The maximum atomic E-state index is 10.0. The van der Waals surface area contributed by atoms with Crippen molar-refractivity contribution in [1.29, 1.82) is 0 Å². The van der Waals surface area contributed by atoms with Crippen molar-refractivity contribution in [3.8, 4) is 0 Å². The van der Waals surface area contributed by atoms with Crippen molar-refractivity contribution < 1.29 is 18.1 Å². The van der Waals surface area contributed by atoms with E-state index in [4.69, 9.17) is 15.4 Å². The van der Waals surface area contributed by atoms with Crippen LogP contribution in [0.15, 0.2) is 0 Å². The smallest absolute Gasteiger partial charge is 0.283 e. The van der Waals surface area contributed by atoms with E-state index < -0.39 is 21.6 Å². The Kier molecular flexibility index (Phi) is 2.56. The number of aliphatic hydroxyl groups is 1. The van der Waals surface area contributed by atoms with E-state index in [1.54, 1.807) is 0 Å². The van der Waals surface area contributed by atoms with Crippen LogP contribution in [0.2, 0.25) is 0 Å². The highest BCUT2D eigenvalue weighted by Gasteiger charge is 2.22. The topological polar surface area (TPSA) is 101 Å². The Morgan fingerprint density at radius 2 is 1.89 bits per heavy atom.